The highest BCUT2D eigenvalue weighted by Gasteiger charge is 2.24. The minimum absolute atomic E-state index is 0.174. The molecule has 0 amide bonds. The van der Waals surface area contributed by atoms with Crippen molar-refractivity contribution in [3.8, 4) is 0 Å². The number of anilines is 1. The van der Waals surface area contributed by atoms with E-state index in [1.54, 1.807) is 0 Å². The van der Waals surface area contributed by atoms with Gasteiger partial charge in [-0.3, -0.25) is 0 Å². The fourth-order valence-electron chi connectivity index (χ4n) is 1.22. The second-order valence-electron chi connectivity index (χ2n) is 3.22. The Bertz CT molecular complexity index is 366. The van der Waals surface area contributed by atoms with Crippen molar-refractivity contribution in [3.05, 3.63) is 29.3 Å². The van der Waals surface area contributed by atoms with Gasteiger partial charge in [0.2, 0.25) is 0 Å². The normalized spacial score (nSPS) is 16.3. The fourth-order valence-corrected chi connectivity index (χ4v) is 1.22. The molecule has 0 aliphatic carbocycles. The van der Waals surface area contributed by atoms with Crippen LogP contribution >= 0.6 is 0 Å². The molecule has 1 aliphatic heterocycles. The first-order chi connectivity index (χ1) is 7.09. The summed E-state index contributed by atoms with van der Waals surface area (Å²) in [5.74, 6) is -5.67. The zero-order valence-electron chi connectivity index (χ0n) is 7.49. The Kier molecular flexibility index (Phi) is 2.52. The molecule has 0 saturated carbocycles. The lowest BCUT2D eigenvalue weighted by Crippen LogP contribution is -2.40. The Labute approximate surface area is 82.8 Å². The van der Waals surface area contributed by atoms with Gasteiger partial charge in [0.1, 0.15) is 5.69 Å². The van der Waals surface area contributed by atoms with Crippen LogP contribution in [0.3, 0.4) is 0 Å². The van der Waals surface area contributed by atoms with Crippen LogP contribution in [0.15, 0.2) is 6.07 Å². The molecule has 1 heterocycles. The Balaban J connectivity index is 2.34. The summed E-state index contributed by atoms with van der Waals surface area (Å²) < 4.78 is 56.4. The van der Waals surface area contributed by atoms with E-state index in [4.69, 9.17) is 4.74 Å². The molecule has 0 atom stereocenters. The van der Waals surface area contributed by atoms with Crippen LogP contribution in [0, 0.1) is 23.3 Å². The average Bonchev–Trinajstić information content (AvgIpc) is 2.12. The fraction of sp³-hybridized carbons (Fsp3) is 0.333. The quantitative estimate of drug-likeness (QED) is 0.609. The van der Waals surface area contributed by atoms with Crippen molar-refractivity contribution in [2.24, 2.45) is 0 Å². The topological polar surface area (TPSA) is 21.3 Å². The molecule has 0 radical (unpaired) electrons. The minimum Gasteiger partial charge on any atom is -0.377 e. The van der Waals surface area contributed by atoms with Crippen molar-refractivity contribution in [3.63, 3.8) is 0 Å². The van der Waals surface area contributed by atoms with Gasteiger partial charge in [-0.2, -0.15) is 0 Å². The highest BCUT2D eigenvalue weighted by Crippen LogP contribution is 2.25. The van der Waals surface area contributed by atoms with E-state index < -0.39 is 29.0 Å². The molecule has 82 valence electrons. The Morgan fingerprint density at radius 1 is 1.07 bits per heavy atom. The second-order valence-corrected chi connectivity index (χ2v) is 3.22. The molecule has 1 saturated heterocycles. The molecule has 0 spiro atoms. The van der Waals surface area contributed by atoms with Gasteiger partial charge < -0.3 is 10.1 Å². The third-order valence-corrected chi connectivity index (χ3v) is 2.10. The van der Waals surface area contributed by atoms with Crippen molar-refractivity contribution in [2.45, 2.75) is 6.04 Å². The Morgan fingerprint density at radius 3 is 2.00 bits per heavy atom. The summed E-state index contributed by atoms with van der Waals surface area (Å²) in [6.07, 6.45) is 0. The van der Waals surface area contributed by atoms with E-state index in [2.05, 4.69) is 5.32 Å². The molecule has 6 heteroatoms. The lowest BCUT2D eigenvalue weighted by atomic mass is 10.2. The zero-order valence-corrected chi connectivity index (χ0v) is 7.49. The molecule has 2 nitrogen and oxygen atoms in total. The molecule has 1 aromatic rings. The standard InChI is InChI=1S/C9H7F4NO/c10-5-1-6(11)8(13)9(7(5)12)14-4-2-15-3-4/h1,4,14H,2-3H2. The molecule has 0 aromatic heterocycles. The third kappa shape index (κ3) is 1.77. The number of hydrogen-bond donors (Lipinski definition) is 1. The summed E-state index contributed by atoms with van der Waals surface area (Å²) in [7, 11) is 0. The number of nitrogens with one attached hydrogen (secondary N) is 1. The van der Waals surface area contributed by atoms with Gasteiger partial charge in [0.05, 0.1) is 19.3 Å². The summed E-state index contributed by atoms with van der Waals surface area (Å²) in [5.41, 5.74) is -0.777. The van der Waals surface area contributed by atoms with E-state index in [0.29, 0.717) is 0 Å². The minimum atomic E-state index is -1.42. The predicted octanol–water partition coefficient (Wildman–Crippen LogP) is 2.05. The first-order valence-corrected chi connectivity index (χ1v) is 4.27. The summed E-state index contributed by atoms with van der Waals surface area (Å²) >= 11 is 0. The molecule has 1 aromatic carbocycles. The lowest BCUT2D eigenvalue weighted by molar-refractivity contribution is 0.0208. The van der Waals surface area contributed by atoms with Crippen LogP contribution in [0.5, 0.6) is 0 Å². The Morgan fingerprint density at radius 2 is 1.60 bits per heavy atom. The molecule has 1 fully saturated rings. The monoisotopic (exact) mass is 221 g/mol. The van der Waals surface area contributed by atoms with Gasteiger partial charge >= 0.3 is 0 Å². The van der Waals surface area contributed by atoms with Gasteiger partial charge in [-0.1, -0.05) is 0 Å². The van der Waals surface area contributed by atoms with E-state index in [-0.39, 0.29) is 25.3 Å². The molecule has 1 N–H and O–H groups in total. The summed E-state index contributed by atoms with van der Waals surface area (Å²) in [6, 6.07) is -0.136. The second kappa shape index (κ2) is 3.69. The molecule has 1 aliphatic rings. The SMILES string of the molecule is Fc1cc(F)c(F)c(NC2COC2)c1F. The maximum atomic E-state index is 13.1. The van der Waals surface area contributed by atoms with E-state index >= 15 is 0 Å². The average molecular weight is 221 g/mol. The third-order valence-electron chi connectivity index (χ3n) is 2.10. The lowest BCUT2D eigenvalue weighted by Gasteiger charge is -2.28. The van der Waals surface area contributed by atoms with Crippen molar-refractivity contribution in [1.82, 2.24) is 0 Å². The van der Waals surface area contributed by atoms with Crippen LogP contribution in [0.25, 0.3) is 0 Å². The molecular weight excluding hydrogens is 214 g/mol. The van der Waals surface area contributed by atoms with Crippen LogP contribution in [-0.2, 0) is 4.74 Å². The summed E-state index contributed by atoms with van der Waals surface area (Å²) in [5, 5.41) is 2.34. The van der Waals surface area contributed by atoms with Crippen LogP contribution in [0.4, 0.5) is 23.2 Å². The van der Waals surface area contributed by atoms with Gasteiger partial charge in [0.15, 0.2) is 23.3 Å². The first-order valence-electron chi connectivity index (χ1n) is 4.27. The number of rotatable bonds is 2. The number of halogens is 4. The van der Waals surface area contributed by atoms with Crippen molar-refractivity contribution in [1.29, 1.82) is 0 Å². The molecular formula is C9H7F4NO. The van der Waals surface area contributed by atoms with Gasteiger partial charge in [-0.05, 0) is 0 Å². The van der Waals surface area contributed by atoms with Crippen LogP contribution in [-0.4, -0.2) is 19.3 Å². The van der Waals surface area contributed by atoms with E-state index in [0.717, 1.165) is 0 Å². The van der Waals surface area contributed by atoms with Gasteiger partial charge in [-0.25, -0.2) is 17.6 Å². The van der Waals surface area contributed by atoms with E-state index in [1.807, 2.05) is 0 Å². The van der Waals surface area contributed by atoms with Gasteiger partial charge in [0.25, 0.3) is 0 Å². The summed E-state index contributed by atoms with van der Waals surface area (Å²) in [4.78, 5) is 0. The van der Waals surface area contributed by atoms with Crippen molar-refractivity contribution < 1.29 is 22.3 Å². The first kappa shape index (κ1) is 10.2. The van der Waals surface area contributed by atoms with E-state index in [9.17, 15) is 17.6 Å². The highest BCUT2D eigenvalue weighted by molar-refractivity contribution is 5.48. The molecule has 0 unspecified atom stereocenters. The van der Waals surface area contributed by atoms with Crippen molar-refractivity contribution in [2.75, 3.05) is 18.5 Å². The molecule has 15 heavy (non-hydrogen) atoms. The van der Waals surface area contributed by atoms with Gasteiger partial charge in [0, 0.05) is 6.07 Å². The zero-order chi connectivity index (χ0) is 11.0. The smallest absolute Gasteiger partial charge is 0.185 e. The Hall–Kier alpha value is -1.30. The van der Waals surface area contributed by atoms with Crippen LogP contribution in [0.2, 0.25) is 0 Å². The highest BCUT2D eigenvalue weighted by atomic mass is 19.2. The predicted molar refractivity (Wildman–Crippen MR) is 44.5 cm³/mol. The largest absolute Gasteiger partial charge is 0.377 e. The van der Waals surface area contributed by atoms with Crippen LogP contribution in [0.1, 0.15) is 0 Å². The number of hydrogen-bond acceptors (Lipinski definition) is 2. The van der Waals surface area contributed by atoms with Crippen LogP contribution < -0.4 is 5.32 Å². The molecule has 0 bridgehead atoms. The van der Waals surface area contributed by atoms with Crippen molar-refractivity contribution >= 4 is 5.69 Å². The summed E-state index contributed by atoms with van der Waals surface area (Å²) in [6.45, 7) is 0.522. The maximum absolute atomic E-state index is 13.1. The maximum Gasteiger partial charge on any atom is 0.185 e. The number of benzene rings is 1. The van der Waals surface area contributed by atoms with E-state index in [1.165, 1.54) is 0 Å². The van der Waals surface area contributed by atoms with Gasteiger partial charge in [-0.15, -0.1) is 0 Å². The number of ether oxygens (including phenoxy) is 1. The molecule has 2 rings (SSSR count).